The molecule has 33 heavy (non-hydrogen) atoms. The molecule has 0 radical (unpaired) electrons. The molecule has 0 heterocycles. The van der Waals surface area contributed by atoms with Crippen LogP contribution in [0.3, 0.4) is 0 Å². The summed E-state index contributed by atoms with van der Waals surface area (Å²) in [5.74, 6) is 0.851. The number of hydrogen-bond acceptors (Lipinski definition) is 4. The molecule has 0 saturated heterocycles. The minimum Gasteiger partial charge on any atom is -0.497 e. The number of methoxy groups -OCH3 is 1. The summed E-state index contributed by atoms with van der Waals surface area (Å²) in [6.45, 7) is 13.2. The summed E-state index contributed by atoms with van der Waals surface area (Å²) in [6.07, 6.45) is 13.7. The third kappa shape index (κ3) is 13.6. The Bertz CT molecular complexity index is 595. The van der Waals surface area contributed by atoms with Crippen molar-refractivity contribution in [2.45, 2.75) is 122 Å². The summed E-state index contributed by atoms with van der Waals surface area (Å²) in [4.78, 5) is 0. The Balaban J connectivity index is 1.94. The van der Waals surface area contributed by atoms with Crippen LogP contribution < -0.4 is 4.74 Å². The van der Waals surface area contributed by atoms with Gasteiger partial charge in [-0.05, 0) is 48.7 Å². The van der Waals surface area contributed by atoms with Gasteiger partial charge in [0, 0.05) is 6.61 Å². The third-order valence-electron chi connectivity index (χ3n) is 7.04. The maximum Gasteiger partial charge on any atom is 0.191 e. The third-order valence-corrected chi connectivity index (χ3v) is 11.6. The van der Waals surface area contributed by atoms with Crippen molar-refractivity contribution < 1.29 is 19.0 Å². The fraction of sp³-hybridized carbons (Fsp3) is 0.786. The number of rotatable bonds is 19. The van der Waals surface area contributed by atoms with E-state index in [0.29, 0.717) is 11.6 Å². The highest BCUT2D eigenvalue weighted by Crippen LogP contribution is 2.36. The zero-order valence-electron chi connectivity index (χ0n) is 22.5. The Hall–Kier alpha value is -0.883. The maximum absolute atomic E-state index is 9.59. The van der Waals surface area contributed by atoms with E-state index in [9.17, 15) is 5.11 Å². The van der Waals surface area contributed by atoms with Crippen LogP contribution in [0, 0.1) is 0 Å². The van der Waals surface area contributed by atoms with Crippen LogP contribution in [0.5, 0.6) is 5.75 Å². The molecule has 0 spiro atoms. The van der Waals surface area contributed by atoms with E-state index in [1.54, 1.807) is 7.11 Å². The van der Waals surface area contributed by atoms with Crippen LogP contribution in [0.2, 0.25) is 18.1 Å². The lowest BCUT2D eigenvalue weighted by atomic mass is 10.0. The van der Waals surface area contributed by atoms with Crippen LogP contribution in [-0.4, -0.2) is 39.9 Å². The van der Waals surface area contributed by atoms with E-state index >= 15 is 0 Å². The Morgan fingerprint density at radius 2 is 1.33 bits per heavy atom. The normalized spacial score (nSPS) is 13.3. The van der Waals surface area contributed by atoms with Gasteiger partial charge in [-0.25, -0.2) is 0 Å². The molecule has 1 aromatic rings. The monoisotopic (exact) mass is 480 g/mol. The zero-order chi connectivity index (χ0) is 24.6. The summed E-state index contributed by atoms with van der Waals surface area (Å²) in [5.41, 5.74) is 1.11. The molecule has 5 heteroatoms. The van der Waals surface area contributed by atoms with Gasteiger partial charge in [-0.15, -0.1) is 0 Å². The highest BCUT2D eigenvalue weighted by Gasteiger charge is 2.36. The Morgan fingerprint density at radius 1 is 0.818 bits per heavy atom. The van der Waals surface area contributed by atoms with E-state index in [0.717, 1.165) is 30.8 Å². The molecule has 1 rings (SSSR count). The van der Waals surface area contributed by atoms with Gasteiger partial charge in [0.25, 0.3) is 0 Å². The minimum absolute atomic E-state index is 0.0623. The zero-order valence-corrected chi connectivity index (χ0v) is 23.5. The van der Waals surface area contributed by atoms with Crippen LogP contribution in [0.1, 0.15) is 97.0 Å². The van der Waals surface area contributed by atoms with Gasteiger partial charge in [0.2, 0.25) is 0 Å². The first-order chi connectivity index (χ1) is 15.7. The van der Waals surface area contributed by atoms with Crippen LogP contribution in [0.15, 0.2) is 24.3 Å². The number of aliphatic hydroxyl groups is 1. The van der Waals surface area contributed by atoms with Crippen molar-refractivity contribution in [3.8, 4) is 5.75 Å². The molecule has 0 saturated carbocycles. The lowest BCUT2D eigenvalue weighted by molar-refractivity contribution is -0.00349. The van der Waals surface area contributed by atoms with Crippen molar-refractivity contribution >= 4 is 8.32 Å². The Labute approximate surface area is 205 Å². The van der Waals surface area contributed by atoms with Gasteiger partial charge in [0.05, 0.1) is 26.4 Å². The molecule has 0 amide bonds. The van der Waals surface area contributed by atoms with E-state index in [4.69, 9.17) is 13.9 Å². The van der Waals surface area contributed by atoms with E-state index in [1.807, 2.05) is 24.3 Å². The minimum atomic E-state index is -1.56. The maximum atomic E-state index is 9.59. The molecule has 1 atom stereocenters. The van der Waals surface area contributed by atoms with Gasteiger partial charge in [-0.2, -0.15) is 0 Å². The number of ether oxygens (including phenoxy) is 2. The van der Waals surface area contributed by atoms with Crippen LogP contribution in [0.25, 0.3) is 0 Å². The topological polar surface area (TPSA) is 47.9 Å². The standard InChI is InChI=1S/C28H52O4Si/c1-28(2,3)33(5,6)32-22-16-14-12-10-8-7-9-11-13-15-17-27(23-29)31-24-25-18-20-26(30-4)21-19-25/h18-21,27,29H,7-17,22-24H2,1-6H3/t27-/m0/s1. The molecular weight excluding hydrogens is 428 g/mol. The van der Waals surface area contributed by atoms with Gasteiger partial charge >= 0.3 is 0 Å². The van der Waals surface area contributed by atoms with Gasteiger partial charge in [0.15, 0.2) is 8.32 Å². The lowest BCUT2D eigenvalue weighted by Crippen LogP contribution is -2.40. The Morgan fingerprint density at radius 3 is 1.82 bits per heavy atom. The highest BCUT2D eigenvalue weighted by molar-refractivity contribution is 6.74. The first kappa shape index (κ1) is 30.1. The molecule has 0 aliphatic heterocycles. The average Bonchev–Trinajstić information content (AvgIpc) is 2.78. The van der Waals surface area contributed by atoms with Crippen molar-refractivity contribution in [3.05, 3.63) is 29.8 Å². The molecule has 1 N–H and O–H groups in total. The smallest absolute Gasteiger partial charge is 0.191 e. The molecule has 0 aliphatic carbocycles. The van der Waals surface area contributed by atoms with E-state index in [2.05, 4.69) is 33.9 Å². The molecule has 0 aliphatic rings. The summed E-state index contributed by atoms with van der Waals surface area (Å²) < 4.78 is 17.3. The van der Waals surface area contributed by atoms with Crippen LogP contribution in [0.4, 0.5) is 0 Å². The number of hydrogen-bond donors (Lipinski definition) is 1. The molecule has 4 nitrogen and oxygen atoms in total. The van der Waals surface area contributed by atoms with Crippen LogP contribution >= 0.6 is 0 Å². The second-order valence-electron chi connectivity index (χ2n) is 10.9. The molecular formula is C28H52O4Si. The molecule has 192 valence electrons. The van der Waals surface area contributed by atoms with E-state index < -0.39 is 8.32 Å². The number of aliphatic hydroxyl groups excluding tert-OH is 1. The highest BCUT2D eigenvalue weighted by atomic mass is 28.4. The van der Waals surface area contributed by atoms with Gasteiger partial charge in [-0.1, -0.05) is 90.7 Å². The largest absolute Gasteiger partial charge is 0.497 e. The summed E-state index contributed by atoms with van der Waals surface area (Å²) in [6, 6.07) is 7.90. The predicted molar refractivity (Wildman–Crippen MR) is 143 cm³/mol. The molecule has 0 bridgehead atoms. The lowest BCUT2D eigenvalue weighted by Gasteiger charge is -2.36. The van der Waals surface area contributed by atoms with Crippen LogP contribution in [-0.2, 0) is 15.8 Å². The second-order valence-corrected chi connectivity index (χ2v) is 15.7. The van der Waals surface area contributed by atoms with Crippen molar-refractivity contribution in [1.29, 1.82) is 0 Å². The summed E-state index contributed by atoms with van der Waals surface area (Å²) in [5, 5.41) is 9.90. The van der Waals surface area contributed by atoms with Crippen molar-refractivity contribution in [2.24, 2.45) is 0 Å². The number of benzene rings is 1. The summed E-state index contributed by atoms with van der Waals surface area (Å²) in [7, 11) is 0.107. The first-order valence-corrected chi connectivity index (χ1v) is 16.1. The van der Waals surface area contributed by atoms with E-state index in [-0.39, 0.29) is 12.7 Å². The van der Waals surface area contributed by atoms with Gasteiger partial charge in [-0.3, -0.25) is 0 Å². The first-order valence-electron chi connectivity index (χ1n) is 13.2. The fourth-order valence-corrected chi connectivity index (χ4v) is 4.68. The molecule has 0 fully saturated rings. The van der Waals surface area contributed by atoms with E-state index in [1.165, 1.54) is 57.8 Å². The Kier molecular flexibility index (Phi) is 15.3. The van der Waals surface area contributed by atoms with Crippen molar-refractivity contribution in [2.75, 3.05) is 20.3 Å². The quantitative estimate of drug-likeness (QED) is 0.161. The fourth-order valence-electron chi connectivity index (χ4n) is 3.60. The van der Waals surface area contributed by atoms with Crippen molar-refractivity contribution in [3.63, 3.8) is 0 Å². The second kappa shape index (κ2) is 16.7. The number of unbranched alkanes of at least 4 members (excludes halogenated alkanes) is 9. The SMILES string of the molecule is COc1ccc(CO[C@H](CO)CCCCCCCCCCCCO[Si](C)(C)C(C)(C)C)cc1. The van der Waals surface area contributed by atoms with Gasteiger partial charge in [0.1, 0.15) is 5.75 Å². The molecule has 0 aromatic heterocycles. The van der Waals surface area contributed by atoms with Gasteiger partial charge < -0.3 is 19.0 Å². The predicted octanol–water partition coefficient (Wildman–Crippen LogP) is 7.89. The molecule has 1 aromatic carbocycles. The van der Waals surface area contributed by atoms with Crippen molar-refractivity contribution in [1.82, 2.24) is 0 Å². The summed E-state index contributed by atoms with van der Waals surface area (Å²) >= 11 is 0. The molecule has 0 unspecified atom stereocenters. The average molecular weight is 481 g/mol.